The summed E-state index contributed by atoms with van der Waals surface area (Å²) in [5.74, 6) is -0.455. The van der Waals surface area contributed by atoms with Gasteiger partial charge in [-0.15, -0.1) is 0 Å². The van der Waals surface area contributed by atoms with E-state index in [0.717, 1.165) is 19.3 Å². The minimum Gasteiger partial charge on any atom is -0.463 e. The molecule has 1 aliphatic carbocycles. The van der Waals surface area contributed by atoms with E-state index < -0.39 is 18.3 Å². The number of allylic oxidation sites excluding steroid dienone is 2. The maximum absolute atomic E-state index is 11.6. The molecule has 1 fully saturated rings. The van der Waals surface area contributed by atoms with Gasteiger partial charge in [0.2, 0.25) is 0 Å². The number of carbonyl (C=O) groups is 1. The lowest BCUT2D eigenvalue weighted by molar-refractivity contribution is -0.147. The predicted molar refractivity (Wildman–Crippen MR) is 140 cm³/mol. The van der Waals surface area contributed by atoms with E-state index in [2.05, 4.69) is 24.3 Å². The van der Waals surface area contributed by atoms with Crippen LogP contribution in [0.4, 0.5) is 0 Å². The number of hydrogen-bond donors (Lipinski definition) is 3. The normalized spacial score (nSPS) is 23.6. The molecule has 0 spiro atoms. The van der Waals surface area contributed by atoms with E-state index in [9.17, 15) is 20.1 Å². The predicted octanol–water partition coefficient (Wildman–Crippen LogP) is 5.12. The molecule has 1 saturated carbocycles. The first-order valence-electron chi connectivity index (χ1n) is 12.9. The summed E-state index contributed by atoms with van der Waals surface area (Å²) in [6.45, 7) is 3.68. The van der Waals surface area contributed by atoms with Gasteiger partial charge in [-0.25, -0.2) is 0 Å². The number of esters is 1. The van der Waals surface area contributed by atoms with Crippen molar-refractivity contribution in [3.8, 4) is 0 Å². The van der Waals surface area contributed by atoms with Crippen molar-refractivity contribution in [2.24, 2.45) is 11.8 Å². The molecule has 3 rings (SSSR count). The Morgan fingerprint density at radius 3 is 2.66 bits per heavy atom. The fraction of sp³-hybridized carbons (Fsp3) is 0.500. The molecule has 2 aromatic rings. The fourth-order valence-electron chi connectivity index (χ4n) is 4.93. The van der Waals surface area contributed by atoms with Gasteiger partial charge in [0.1, 0.15) is 0 Å². The molecule has 3 N–H and O–H groups in total. The van der Waals surface area contributed by atoms with E-state index >= 15 is 0 Å². The molecule has 0 bridgehead atoms. The second-order valence-electron chi connectivity index (χ2n) is 9.88. The summed E-state index contributed by atoms with van der Waals surface area (Å²) in [5, 5.41) is 33.9. The zero-order chi connectivity index (χ0) is 25.2. The van der Waals surface area contributed by atoms with Gasteiger partial charge >= 0.3 is 5.97 Å². The van der Waals surface area contributed by atoms with E-state index in [4.69, 9.17) is 4.74 Å². The first-order valence-corrected chi connectivity index (χ1v) is 12.9. The number of carbonyl (C=O) groups excluding carboxylic acids is 1. The van der Waals surface area contributed by atoms with E-state index in [1.54, 1.807) is 6.08 Å². The zero-order valence-corrected chi connectivity index (χ0v) is 20.9. The van der Waals surface area contributed by atoms with Crippen LogP contribution in [-0.2, 0) is 16.0 Å². The molecule has 0 aliphatic heterocycles. The third-order valence-electron chi connectivity index (χ3n) is 6.75. The van der Waals surface area contributed by atoms with Crippen molar-refractivity contribution < 1.29 is 24.9 Å². The lowest BCUT2D eigenvalue weighted by atomic mass is 9.89. The van der Waals surface area contributed by atoms with Gasteiger partial charge < -0.3 is 20.1 Å². The molecule has 2 aromatic carbocycles. The van der Waals surface area contributed by atoms with Crippen molar-refractivity contribution in [2.75, 3.05) is 0 Å². The zero-order valence-electron chi connectivity index (χ0n) is 20.9. The van der Waals surface area contributed by atoms with Crippen molar-refractivity contribution in [1.29, 1.82) is 0 Å². The van der Waals surface area contributed by atoms with Crippen molar-refractivity contribution in [3.05, 3.63) is 72.3 Å². The molecular formula is C30H40O5. The summed E-state index contributed by atoms with van der Waals surface area (Å²) >= 11 is 0. The van der Waals surface area contributed by atoms with Crippen LogP contribution in [0.2, 0.25) is 0 Å². The fourth-order valence-corrected chi connectivity index (χ4v) is 4.93. The second-order valence-corrected chi connectivity index (χ2v) is 9.88. The van der Waals surface area contributed by atoms with Crippen LogP contribution in [0.15, 0.2) is 66.8 Å². The molecule has 190 valence electrons. The smallest absolute Gasteiger partial charge is 0.306 e. The van der Waals surface area contributed by atoms with Crippen LogP contribution < -0.4 is 0 Å². The molecule has 5 nitrogen and oxygen atoms in total. The highest BCUT2D eigenvalue weighted by molar-refractivity contribution is 5.85. The van der Waals surface area contributed by atoms with Crippen molar-refractivity contribution >= 4 is 16.7 Å². The molecule has 35 heavy (non-hydrogen) atoms. The lowest BCUT2D eigenvalue weighted by Crippen LogP contribution is -2.20. The van der Waals surface area contributed by atoms with Crippen LogP contribution >= 0.6 is 0 Å². The highest BCUT2D eigenvalue weighted by Crippen LogP contribution is 2.36. The number of hydrogen-bond acceptors (Lipinski definition) is 5. The average molecular weight is 481 g/mol. The van der Waals surface area contributed by atoms with E-state index in [-0.39, 0.29) is 23.9 Å². The Morgan fingerprint density at radius 1 is 1.09 bits per heavy atom. The lowest BCUT2D eigenvalue weighted by Gasteiger charge is -2.19. The topological polar surface area (TPSA) is 87.0 Å². The minimum atomic E-state index is -0.615. The standard InChI is InChI=1S/C30H40O5/c1-21(2)35-30(34)15-6-4-3-5-14-26-27(29(33)20-28(26)32)19-18-24(31)17-16-23-12-9-11-22-10-7-8-13-25(22)23/h3,5,7-13,18-19,21,24,26-29,31-33H,4,6,14-17,20H2,1-2H3/t24?,26-,27-,28?,29?/m1/s1. The highest BCUT2D eigenvalue weighted by atomic mass is 16.5. The van der Waals surface area contributed by atoms with Crippen molar-refractivity contribution in [1.82, 2.24) is 0 Å². The number of ether oxygens (including phenoxy) is 1. The summed E-state index contributed by atoms with van der Waals surface area (Å²) in [6, 6.07) is 14.5. The molecule has 0 radical (unpaired) electrons. The number of aliphatic hydroxyl groups is 3. The van der Waals surface area contributed by atoms with Crippen LogP contribution in [-0.4, -0.2) is 45.7 Å². The highest BCUT2D eigenvalue weighted by Gasteiger charge is 2.39. The van der Waals surface area contributed by atoms with E-state index in [1.165, 1.54) is 16.3 Å². The summed E-state index contributed by atoms with van der Waals surface area (Å²) in [4.78, 5) is 11.6. The van der Waals surface area contributed by atoms with Crippen LogP contribution in [0.5, 0.6) is 0 Å². The van der Waals surface area contributed by atoms with Gasteiger partial charge in [-0.2, -0.15) is 0 Å². The number of aliphatic hydroxyl groups excluding tert-OH is 3. The quantitative estimate of drug-likeness (QED) is 0.223. The maximum Gasteiger partial charge on any atom is 0.306 e. The van der Waals surface area contributed by atoms with Crippen molar-refractivity contribution in [2.45, 2.75) is 83.2 Å². The SMILES string of the molecule is CC(C)OC(=O)CCCC=CC[C@H]1C(O)CC(O)[C@@H]1C=CC(O)CCc1cccc2ccccc12. The van der Waals surface area contributed by atoms with Gasteiger partial charge in [0.15, 0.2) is 0 Å². The third-order valence-corrected chi connectivity index (χ3v) is 6.75. The molecule has 0 aromatic heterocycles. The number of benzene rings is 2. The number of aryl methyl sites for hydroxylation is 1. The molecule has 0 amide bonds. The molecule has 0 saturated heterocycles. The van der Waals surface area contributed by atoms with Gasteiger partial charge in [-0.1, -0.05) is 66.8 Å². The molecular weight excluding hydrogens is 440 g/mol. The molecule has 1 aliphatic rings. The largest absolute Gasteiger partial charge is 0.463 e. The van der Waals surface area contributed by atoms with Gasteiger partial charge in [-0.3, -0.25) is 4.79 Å². The molecule has 3 unspecified atom stereocenters. The third kappa shape index (κ3) is 8.31. The number of rotatable bonds is 12. The maximum atomic E-state index is 11.6. The van der Waals surface area contributed by atoms with Crippen LogP contribution in [0, 0.1) is 11.8 Å². The van der Waals surface area contributed by atoms with Crippen LogP contribution in [0.3, 0.4) is 0 Å². The monoisotopic (exact) mass is 480 g/mol. The van der Waals surface area contributed by atoms with E-state index in [1.807, 2.05) is 50.3 Å². The minimum absolute atomic E-state index is 0.0879. The van der Waals surface area contributed by atoms with Gasteiger partial charge in [0.25, 0.3) is 0 Å². The van der Waals surface area contributed by atoms with Crippen molar-refractivity contribution in [3.63, 3.8) is 0 Å². The summed E-state index contributed by atoms with van der Waals surface area (Å²) in [6.07, 6.45) is 10.1. The van der Waals surface area contributed by atoms with Gasteiger partial charge in [-0.05, 0) is 68.2 Å². The van der Waals surface area contributed by atoms with Gasteiger partial charge in [0, 0.05) is 18.8 Å². The Bertz CT molecular complexity index is 990. The van der Waals surface area contributed by atoms with Crippen LogP contribution in [0.25, 0.3) is 10.8 Å². The molecule has 0 heterocycles. The summed E-state index contributed by atoms with van der Waals surface area (Å²) < 4.78 is 5.13. The van der Waals surface area contributed by atoms with Crippen LogP contribution in [0.1, 0.15) is 57.9 Å². The second kappa shape index (κ2) is 13.6. The Morgan fingerprint density at radius 2 is 1.86 bits per heavy atom. The number of fused-ring (bicyclic) bond motifs is 1. The summed E-state index contributed by atoms with van der Waals surface area (Å²) in [7, 11) is 0. The average Bonchev–Trinajstić information content (AvgIpc) is 3.09. The Hall–Kier alpha value is -2.47. The molecule has 5 heteroatoms. The molecule has 5 atom stereocenters. The number of unbranched alkanes of at least 4 members (excludes halogenated alkanes) is 1. The first-order chi connectivity index (χ1) is 16.8. The first kappa shape index (κ1) is 27.1. The van der Waals surface area contributed by atoms with E-state index in [0.29, 0.717) is 25.7 Å². The van der Waals surface area contributed by atoms with Gasteiger partial charge in [0.05, 0.1) is 24.4 Å². The summed E-state index contributed by atoms with van der Waals surface area (Å²) in [5.41, 5.74) is 1.22. The Labute approximate surface area is 209 Å². The Kier molecular flexibility index (Phi) is 10.5. The Balaban J connectivity index is 1.47.